The molecule has 0 radical (unpaired) electrons. The van der Waals surface area contributed by atoms with Crippen molar-refractivity contribution in [3.8, 4) is 17.2 Å². The maximum atomic E-state index is 12.2. The number of allylic oxidation sites excluding steroid dienone is 2. The molecule has 1 aromatic carbocycles. The van der Waals surface area contributed by atoms with Gasteiger partial charge in [-0.3, -0.25) is 4.79 Å². The number of benzene rings is 1. The van der Waals surface area contributed by atoms with Crippen LogP contribution in [0.3, 0.4) is 0 Å². The Morgan fingerprint density at radius 1 is 1.22 bits per heavy atom. The molecular formula is C18H24N2O6S. The first-order valence-corrected chi connectivity index (χ1v) is 10.1. The van der Waals surface area contributed by atoms with Gasteiger partial charge in [-0.05, 0) is 24.6 Å². The number of carbonyl (C=O) groups is 1. The summed E-state index contributed by atoms with van der Waals surface area (Å²) in [5.41, 5.74) is 4.53. The number of rotatable bonds is 6. The zero-order valence-corrected chi connectivity index (χ0v) is 17.1. The van der Waals surface area contributed by atoms with Gasteiger partial charge in [-0.25, -0.2) is 13.8 Å². The predicted molar refractivity (Wildman–Crippen MR) is 102 cm³/mol. The molecule has 0 saturated carbocycles. The summed E-state index contributed by atoms with van der Waals surface area (Å²) in [6.07, 6.45) is 3.25. The van der Waals surface area contributed by atoms with Crippen LogP contribution in [0.15, 0.2) is 22.1 Å². The van der Waals surface area contributed by atoms with Crippen molar-refractivity contribution in [1.82, 2.24) is 5.43 Å². The van der Waals surface area contributed by atoms with E-state index in [4.69, 9.17) is 14.2 Å². The van der Waals surface area contributed by atoms with Crippen molar-refractivity contribution in [2.75, 3.05) is 27.6 Å². The fourth-order valence-corrected chi connectivity index (χ4v) is 3.94. The van der Waals surface area contributed by atoms with E-state index >= 15 is 0 Å². The minimum absolute atomic E-state index is 0.0428. The Kier molecular flexibility index (Phi) is 6.15. The quantitative estimate of drug-likeness (QED) is 0.789. The Bertz CT molecular complexity index is 918. The van der Waals surface area contributed by atoms with E-state index in [0.29, 0.717) is 17.7 Å². The molecule has 1 unspecified atom stereocenters. The SMILES string of the molecule is COc1cc(C(C)=CC2=NNC(=O)CC2C)c(OC)c(OC)c1S(C)(=O)=O. The number of amides is 1. The number of hydrazone groups is 1. The van der Waals surface area contributed by atoms with E-state index in [1.165, 1.54) is 21.3 Å². The first kappa shape index (κ1) is 20.8. The van der Waals surface area contributed by atoms with Gasteiger partial charge in [0.25, 0.3) is 0 Å². The molecule has 9 heteroatoms. The zero-order chi connectivity index (χ0) is 20.4. The molecule has 1 N–H and O–H groups in total. The smallest absolute Gasteiger partial charge is 0.240 e. The summed E-state index contributed by atoms with van der Waals surface area (Å²) in [5.74, 6) is 0.342. The monoisotopic (exact) mass is 396 g/mol. The van der Waals surface area contributed by atoms with E-state index in [1.807, 2.05) is 19.9 Å². The average Bonchev–Trinajstić information content (AvgIpc) is 2.60. The Labute approximate surface area is 159 Å². The van der Waals surface area contributed by atoms with Crippen LogP contribution in [0, 0.1) is 5.92 Å². The molecular weight excluding hydrogens is 372 g/mol. The van der Waals surface area contributed by atoms with Gasteiger partial charge in [-0.1, -0.05) is 6.92 Å². The summed E-state index contributed by atoms with van der Waals surface area (Å²) in [4.78, 5) is 11.4. The van der Waals surface area contributed by atoms with Gasteiger partial charge in [0.1, 0.15) is 5.75 Å². The highest BCUT2D eigenvalue weighted by atomic mass is 32.2. The second-order valence-electron chi connectivity index (χ2n) is 6.30. The summed E-state index contributed by atoms with van der Waals surface area (Å²) >= 11 is 0. The lowest BCUT2D eigenvalue weighted by molar-refractivity contribution is -0.121. The third-order valence-electron chi connectivity index (χ3n) is 4.25. The molecule has 1 atom stereocenters. The normalized spacial score (nSPS) is 17.9. The van der Waals surface area contributed by atoms with Gasteiger partial charge in [0.05, 0.1) is 27.0 Å². The largest absolute Gasteiger partial charge is 0.495 e. The molecule has 1 aliphatic rings. The van der Waals surface area contributed by atoms with Crippen LogP contribution in [0.25, 0.3) is 5.57 Å². The molecule has 0 fully saturated rings. The number of hydrogen-bond donors (Lipinski definition) is 1. The Balaban J connectivity index is 2.70. The summed E-state index contributed by atoms with van der Waals surface area (Å²) in [7, 11) is 0.576. The van der Waals surface area contributed by atoms with E-state index < -0.39 is 9.84 Å². The van der Waals surface area contributed by atoms with Gasteiger partial charge >= 0.3 is 0 Å². The molecule has 1 heterocycles. The maximum Gasteiger partial charge on any atom is 0.240 e. The molecule has 0 aliphatic carbocycles. The number of sulfone groups is 1. The van der Waals surface area contributed by atoms with Crippen molar-refractivity contribution in [2.24, 2.45) is 11.0 Å². The number of ether oxygens (including phenoxy) is 3. The molecule has 27 heavy (non-hydrogen) atoms. The molecule has 1 aromatic rings. The van der Waals surface area contributed by atoms with E-state index in [-0.39, 0.29) is 34.0 Å². The maximum absolute atomic E-state index is 12.2. The van der Waals surface area contributed by atoms with Crippen LogP contribution in [-0.4, -0.2) is 47.6 Å². The van der Waals surface area contributed by atoms with Gasteiger partial charge < -0.3 is 14.2 Å². The minimum atomic E-state index is -3.63. The van der Waals surface area contributed by atoms with Crippen LogP contribution in [0.2, 0.25) is 0 Å². The first-order valence-electron chi connectivity index (χ1n) is 8.22. The van der Waals surface area contributed by atoms with Crippen molar-refractivity contribution in [2.45, 2.75) is 25.2 Å². The second-order valence-corrected chi connectivity index (χ2v) is 8.25. The van der Waals surface area contributed by atoms with Gasteiger partial charge in [-0.15, -0.1) is 0 Å². The summed E-state index contributed by atoms with van der Waals surface area (Å²) < 4.78 is 40.6. The van der Waals surface area contributed by atoms with Crippen molar-refractivity contribution in [1.29, 1.82) is 0 Å². The lowest BCUT2D eigenvalue weighted by atomic mass is 9.96. The molecule has 0 saturated heterocycles. The van der Waals surface area contributed by atoms with Gasteiger partial charge in [0, 0.05) is 24.2 Å². The number of nitrogens with one attached hydrogen (secondary N) is 1. The topological polar surface area (TPSA) is 103 Å². The van der Waals surface area contributed by atoms with Gasteiger partial charge in [-0.2, -0.15) is 5.10 Å². The molecule has 1 amide bonds. The van der Waals surface area contributed by atoms with Crippen molar-refractivity contribution < 1.29 is 27.4 Å². The molecule has 2 rings (SSSR count). The van der Waals surface area contributed by atoms with Crippen molar-refractivity contribution in [3.63, 3.8) is 0 Å². The third kappa shape index (κ3) is 4.24. The van der Waals surface area contributed by atoms with Gasteiger partial charge in [0.2, 0.25) is 5.91 Å². The lowest BCUT2D eigenvalue weighted by Gasteiger charge is -2.20. The summed E-state index contributed by atoms with van der Waals surface area (Å²) in [6, 6.07) is 1.59. The number of methoxy groups -OCH3 is 3. The highest BCUT2D eigenvalue weighted by molar-refractivity contribution is 7.91. The number of carbonyl (C=O) groups excluding carboxylic acids is 1. The summed E-state index contributed by atoms with van der Waals surface area (Å²) in [6.45, 7) is 3.75. The van der Waals surface area contributed by atoms with Gasteiger partial charge in [0.15, 0.2) is 26.2 Å². The van der Waals surface area contributed by atoms with Crippen molar-refractivity contribution >= 4 is 27.0 Å². The van der Waals surface area contributed by atoms with E-state index in [2.05, 4.69) is 10.5 Å². The third-order valence-corrected chi connectivity index (χ3v) is 5.38. The molecule has 0 bridgehead atoms. The zero-order valence-electron chi connectivity index (χ0n) is 16.2. The molecule has 148 valence electrons. The van der Waals surface area contributed by atoms with Crippen LogP contribution in [0.5, 0.6) is 17.2 Å². The molecule has 0 aromatic heterocycles. The van der Waals surface area contributed by atoms with Crippen LogP contribution < -0.4 is 19.6 Å². The fourth-order valence-electron chi connectivity index (χ4n) is 2.92. The number of hydrogen-bond acceptors (Lipinski definition) is 7. The van der Waals surface area contributed by atoms with Crippen LogP contribution >= 0.6 is 0 Å². The highest BCUT2D eigenvalue weighted by Crippen LogP contribution is 2.45. The van der Waals surface area contributed by atoms with Crippen LogP contribution in [0.1, 0.15) is 25.8 Å². The van der Waals surface area contributed by atoms with E-state index in [9.17, 15) is 13.2 Å². The Morgan fingerprint density at radius 2 is 1.85 bits per heavy atom. The minimum Gasteiger partial charge on any atom is -0.495 e. The van der Waals surface area contributed by atoms with Crippen molar-refractivity contribution in [3.05, 3.63) is 17.7 Å². The predicted octanol–water partition coefficient (Wildman–Crippen LogP) is 2.03. The van der Waals surface area contributed by atoms with E-state index in [0.717, 1.165) is 11.8 Å². The highest BCUT2D eigenvalue weighted by Gasteiger charge is 2.28. The number of nitrogens with zero attached hydrogens (tertiary/aromatic N) is 1. The fraction of sp³-hybridized carbons (Fsp3) is 0.444. The molecule has 0 spiro atoms. The Hall–Kier alpha value is -2.55. The summed E-state index contributed by atoms with van der Waals surface area (Å²) in [5, 5.41) is 4.10. The lowest BCUT2D eigenvalue weighted by Crippen LogP contribution is -2.30. The average molecular weight is 396 g/mol. The first-order chi connectivity index (χ1) is 12.6. The standard InChI is InChI=1S/C18H24N2O6S/c1-10(7-13-11(2)8-15(21)20-19-13)12-9-14(24-3)18(27(6,22)23)17(26-5)16(12)25-4/h7,9,11H,8H2,1-6H3,(H,20,21). The van der Waals surface area contributed by atoms with E-state index in [1.54, 1.807) is 6.07 Å². The Morgan fingerprint density at radius 3 is 2.33 bits per heavy atom. The molecule has 8 nitrogen and oxygen atoms in total. The van der Waals surface area contributed by atoms with Crippen LogP contribution in [0.4, 0.5) is 0 Å². The van der Waals surface area contributed by atoms with Crippen LogP contribution in [-0.2, 0) is 14.6 Å². The second kappa shape index (κ2) is 7.99. The molecule has 1 aliphatic heterocycles.